The van der Waals surface area contributed by atoms with Gasteiger partial charge in [0.1, 0.15) is 5.75 Å². The predicted octanol–water partition coefficient (Wildman–Crippen LogP) is 4.86. The second-order valence-corrected chi connectivity index (χ2v) is 7.28. The zero-order valence-corrected chi connectivity index (χ0v) is 16.2. The fraction of sp³-hybridized carbons (Fsp3) is 0.350. The van der Waals surface area contributed by atoms with Gasteiger partial charge in [0.25, 0.3) is 5.91 Å². The van der Waals surface area contributed by atoms with E-state index in [1.807, 2.05) is 62.4 Å². The standard InChI is InChI=1S/C20H24ClNO2S/c1-3-19(24-17-9-6-7-15(2)13-17)20(23)22-11-12-25-14-16-8-4-5-10-18(16)21/h4-10,13,19H,3,11-12,14H2,1-2H3,(H,22,23)/t19-/m1/s1. The maximum atomic E-state index is 12.3. The van der Waals surface area contributed by atoms with E-state index in [9.17, 15) is 4.79 Å². The summed E-state index contributed by atoms with van der Waals surface area (Å²) in [6, 6.07) is 15.6. The summed E-state index contributed by atoms with van der Waals surface area (Å²) >= 11 is 7.88. The summed E-state index contributed by atoms with van der Waals surface area (Å²) in [7, 11) is 0. The summed E-state index contributed by atoms with van der Waals surface area (Å²) in [5.41, 5.74) is 2.23. The number of carbonyl (C=O) groups is 1. The van der Waals surface area contributed by atoms with Gasteiger partial charge in [-0.2, -0.15) is 11.8 Å². The molecule has 0 unspecified atom stereocenters. The summed E-state index contributed by atoms with van der Waals surface area (Å²) in [5.74, 6) is 2.34. The van der Waals surface area contributed by atoms with Crippen LogP contribution in [0.4, 0.5) is 0 Å². The van der Waals surface area contributed by atoms with Crippen LogP contribution in [0, 0.1) is 6.92 Å². The minimum absolute atomic E-state index is 0.0673. The molecule has 0 fully saturated rings. The zero-order valence-electron chi connectivity index (χ0n) is 14.6. The van der Waals surface area contributed by atoms with Gasteiger partial charge in [-0.15, -0.1) is 0 Å². The van der Waals surface area contributed by atoms with E-state index in [1.165, 1.54) is 0 Å². The van der Waals surface area contributed by atoms with E-state index >= 15 is 0 Å². The maximum Gasteiger partial charge on any atom is 0.261 e. The summed E-state index contributed by atoms with van der Waals surface area (Å²) in [4.78, 5) is 12.3. The topological polar surface area (TPSA) is 38.3 Å². The first-order valence-corrected chi connectivity index (χ1v) is 9.95. The Labute approximate surface area is 159 Å². The quantitative estimate of drug-likeness (QED) is 0.634. The van der Waals surface area contributed by atoms with Crippen molar-refractivity contribution in [1.82, 2.24) is 5.32 Å². The third-order valence-corrected chi connectivity index (χ3v) is 5.07. The van der Waals surface area contributed by atoms with Crippen molar-refractivity contribution in [3.8, 4) is 5.75 Å². The number of benzene rings is 2. The van der Waals surface area contributed by atoms with Crippen molar-refractivity contribution in [2.75, 3.05) is 12.3 Å². The molecule has 2 aromatic rings. The number of carbonyl (C=O) groups excluding carboxylic acids is 1. The molecule has 0 aliphatic carbocycles. The number of halogens is 1. The van der Waals surface area contributed by atoms with Crippen molar-refractivity contribution in [3.05, 3.63) is 64.7 Å². The van der Waals surface area contributed by atoms with Gasteiger partial charge >= 0.3 is 0 Å². The summed E-state index contributed by atoms with van der Waals surface area (Å²) in [6.07, 6.45) is 0.169. The van der Waals surface area contributed by atoms with E-state index in [-0.39, 0.29) is 5.91 Å². The highest BCUT2D eigenvalue weighted by Gasteiger charge is 2.17. The SMILES string of the molecule is CC[C@@H](Oc1cccc(C)c1)C(=O)NCCSCc1ccccc1Cl. The number of amides is 1. The molecule has 5 heteroatoms. The molecule has 1 N–H and O–H groups in total. The van der Waals surface area contributed by atoms with Crippen molar-refractivity contribution in [1.29, 1.82) is 0 Å². The van der Waals surface area contributed by atoms with Crippen LogP contribution in [0.2, 0.25) is 5.02 Å². The zero-order chi connectivity index (χ0) is 18.1. The molecule has 0 saturated heterocycles. The average molecular weight is 378 g/mol. The van der Waals surface area contributed by atoms with Gasteiger partial charge in [-0.3, -0.25) is 4.79 Å². The first-order valence-electron chi connectivity index (χ1n) is 8.42. The van der Waals surface area contributed by atoms with Crippen LogP contribution >= 0.6 is 23.4 Å². The molecule has 0 radical (unpaired) electrons. The van der Waals surface area contributed by atoms with Gasteiger partial charge in [-0.05, 0) is 42.7 Å². The molecule has 0 aliphatic heterocycles. The van der Waals surface area contributed by atoms with E-state index in [0.29, 0.717) is 13.0 Å². The number of hydrogen-bond donors (Lipinski definition) is 1. The Morgan fingerprint density at radius 3 is 2.76 bits per heavy atom. The highest BCUT2D eigenvalue weighted by molar-refractivity contribution is 7.98. The van der Waals surface area contributed by atoms with Gasteiger partial charge in [-0.1, -0.05) is 48.9 Å². The van der Waals surface area contributed by atoms with Crippen LogP contribution in [0.1, 0.15) is 24.5 Å². The summed E-state index contributed by atoms with van der Waals surface area (Å²) < 4.78 is 5.81. The van der Waals surface area contributed by atoms with Crippen molar-refractivity contribution < 1.29 is 9.53 Å². The highest BCUT2D eigenvalue weighted by atomic mass is 35.5. The number of hydrogen-bond acceptors (Lipinski definition) is 3. The number of nitrogens with one attached hydrogen (secondary N) is 1. The molecule has 25 heavy (non-hydrogen) atoms. The molecule has 0 heterocycles. The molecule has 2 aromatic carbocycles. The van der Waals surface area contributed by atoms with E-state index in [1.54, 1.807) is 11.8 Å². The molecular formula is C20H24ClNO2S. The Balaban J connectivity index is 1.72. The molecule has 0 bridgehead atoms. The Hall–Kier alpha value is -1.65. The molecule has 0 aliphatic rings. The van der Waals surface area contributed by atoms with E-state index in [0.717, 1.165) is 33.4 Å². The lowest BCUT2D eigenvalue weighted by Gasteiger charge is -2.17. The Kier molecular flexibility index (Phi) is 8.16. The van der Waals surface area contributed by atoms with Crippen molar-refractivity contribution >= 4 is 29.3 Å². The van der Waals surface area contributed by atoms with Crippen LogP contribution in [-0.4, -0.2) is 24.3 Å². The fourth-order valence-electron chi connectivity index (χ4n) is 2.33. The largest absolute Gasteiger partial charge is 0.481 e. The lowest BCUT2D eigenvalue weighted by Crippen LogP contribution is -2.39. The van der Waals surface area contributed by atoms with Gasteiger partial charge < -0.3 is 10.1 Å². The van der Waals surface area contributed by atoms with Gasteiger partial charge in [0.05, 0.1) is 0 Å². The second kappa shape index (κ2) is 10.4. The summed E-state index contributed by atoms with van der Waals surface area (Å²) in [5, 5.41) is 3.74. The van der Waals surface area contributed by atoms with E-state index in [4.69, 9.17) is 16.3 Å². The Bertz CT molecular complexity index is 693. The molecular weight excluding hydrogens is 354 g/mol. The first-order chi connectivity index (χ1) is 12.1. The average Bonchev–Trinajstić information content (AvgIpc) is 2.60. The predicted molar refractivity (Wildman–Crippen MR) is 107 cm³/mol. The molecule has 0 spiro atoms. The normalized spacial score (nSPS) is 11.8. The molecule has 0 aromatic heterocycles. The minimum Gasteiger partial charge on any atom is -0.481 e. The third kappa shape index (κ3) is 6.63. The fourth-order valence-corrected chi connectivity index (χ4v) is 3.48. The van der Waals surface area contributed by atoms with Crippen LogP contribution in [0.3, 0.4) is 0 Å². The molecule has 0 saturated carbocycles. The number of thioether (sulfide) groups is 1. The summed E-state index contributed by atoms with van der Waals surface area (Å²) in [6.45, 7) is 4.57. The first kappa shape index (κ1) is 19.7. The second-order valence-electron chi connectivity index (χ2n) is 5.77. The van der Waals surface area contributed by atoms with Crippen LogP contribution in [0.25, 0.3) is 0 Å². The van der Waals surface area contributed by atoms with Gasteiger partial charge in [-0.25, -0.2) is 0 Å². The highest BCUT2D eigenvalue weighted by Crippen LogP contribution is 2.20. The number of aryl methyl sites for hydroxylation is 1. The molecule has 2 rings (SSSR count). The molecule has 3 nitrogen and oxygen atoms in total. The van der Waals surface area contributed by atoms with E-state index < -0.39 is 6.10 Å². The van der Waals surface area contributed by atoms with Gasteiger partial charge in [0.15, 0.2) is 6.10 Å². The molecule has 1 amide bonds. The monoisotopic (exact) mass is 377 g/mol. The molecule has 1 atom stereocenters. The Morgan fingerprint density at radius 2 is 2.04 bits per heavy atom. The van der Waals surface area contributed by atoms with Gasteiger partial charge in [0, 0.05) is 23.1 Å². The lowest BCUT2D eigenvalue weighted by molar-refractivity contribution is -0.127. The smallest absolute Gasteiger partial charge is 0.261 e. The van der Waals surface area contributed by atoms with Crippen molar-refractivity contribution in [3.63, 3.8) is 0 Å². The van der Waals surface area contributed by atoms with Crippen molar-refractivity contribution in [2.24, 2.45) is 0 Å². The van der Waals surface area contributed by atoms with E-state index in [2.05, 4.69) is 5.32 Å². The van der Waals surface area contributed by atoms with Gasteiger partial charge in [0.2, 0.25) is 0 Å². The van der Waals surface area contributed by atoms with Crippen molar-refractivity contribution in [2.45, 2.75) is 32.1 Å². The lowest BCUT2D eigenvalue weighted by atomic mass is 10.2. The minimum atomic E-state index is -0.463. The molecule has 134 valence electrons. The maximum absolute atomic E-state index is 12.3. The van der Waals surface area contributed by atoms with Crippen LogP contribution in [0.5, 0.6) is 5.75 Å². The van der Waals surface area contributed by atoms with Crippen LogP contribution < -0.4 is 10.1 Å². The Morgan fingerprint density at radius 1 is 1.24 bits per heavy atom. The van der Waals surface area contributed by atoms with Crippen LogP contribution in [-0.2, 0) is 10.5 Å². The number of ether oxygens (including phenoxy) is 1. The number of rotatable bonds is 9. The van der Waals surface area contributed by atoms with Crippen LogP contribution in [0.15, 0.2) is 48.5 Å². The third-order valence-electron chi connectivity index (χ3n) is 3.69.